The predicted molar refractivity (Wildman–Crippen MR) is 61.5 cm³/mol. The molecule has 0 amide bonds. The van der Waals surface area contributed by atoms with Crippen LogP contribution in [0, 0.1) is 25.2 Å². The molecule has 0 bridgehead atoms. The van der Waals surface area contributed by atoms with Crippen molar-refractivity contribution in [1.29, 1.82) is 5.26 Å². The van der Waals surface area contributed by atoms with Gasteiger partial charge < -0.3 is 4.74 Å². The molecule has 0 saturated heterocycles. The third-order valence-electron chi connectivity index (χ3n) is 2.54. The summed E-state index contributed by atoms with van der Waals surface area (Å²) in [5.41, 5.74) is 2.78. The smallest absolute Gasteiger partial charge is 0.126 e. The van der Waals surface area contributed by atoms with Crippen LogP contribution in [-0.4, -0.2) is 7.11 Å². The van der Waals surface area contributed by atoms with Gasteiger partial charge in [0.2, 0.25) is 0 Å². The van der Waals surface area contributed by atoms with Crippen LogP contribution >= 0.6 is 11.6 Å². The molecule has 1 unspecified atom stereocenters. The van der Waals surface area contributed by atoms with Crippen LogP contribution < -0.4 is 4.74 Å². The second-order valence-corrected chi connectivity index (χ2v) is 4.01. The zero-order valence-corrected chi connectivity index (χ0v) is 10.1. The van der Waals surface area contributed by atoms with Gasteiger partial charge in [0.15, 0.2) is 0 Å². The summed E-state index contributed by atoms with van der Waals surface area (Å²) in [6.07, 6.45) is 0. The molecular weight excluding hydrogens is 210 g/mol. The first-order chi connectivity index (χ1) is 7.02. The van der Waals surface area contributed by atoms with Crippen molar-refractivity contribution in [2.24, 2.45) is 0 Å². The third kappa shape index (κ3) is 2.08. The Hall–Kier alpha value is -1.20. The van der Waals surface area contributed by atoms with Gasteiger partial charge in [-0.05, 0) is 38.0 Å². The Balaban J connectivity index is 3.52. The fourth-order valence-electron chi connectivity index (χ4n) is 1.73. The Bertz CT molecular complexity index is 421. The van der Waals surface area contributed by atoms with Gasteiger partial charge in [-0.25, -0.2) is 0 Å². The lowest BCUT2D eigenvalue weighted by atomic mass is 9.94. The average molecular weight is 224 g/mol. The molecule has 2 nitrogen and oxygen atoms in total. The maximum Gasteiger partial charge on any atom is 0.126 e. The lowest BCUT2D eigenvalue weighted by Gasteiger charge is -2.17. The number of nitriles is 1. The van der Waals surface area contributed by atoms with Gasteiger partial charge in [0.25, 0.3) is 0 Å². The fourth-order valence-corrected chi connectivity index (χ4v) is 2.00. The van der Waals surface area contributed by atoms with Gasteiger partial charge >= 0.3 is 0 Å². The number of aryl methyl sites for hydroxylation is 1. The number of hydrogen-bond acceptors (Lipinski definition) is 2. The lowest BCUT2D eigenvalue weighted by molar-refractivity contribution is 0.405. The molecule has 0 spiro atoms. The van der Waals surface area contributed by atoms with Crippen LogP contribution in [0.4, 0.5) is 0 Å². The van der Waals surface area contributed by atoms with Crippen molar-refractivity contribution in [1.82, 2.24) is 0 Å². The van der Waals surface area contributed by atoms with E-state index < -0.39 is 0 Å². The molecule has 0 aliphatic rings. The average Bonchev–Trinajstić information content (AvgIpc) is 2.21. The topological polar surface area (TPSA) is 33.0 Å². The summed E-state index contributed by atoms with van der Waals surface area (Å²) in [6, 6.07) is 4.08. The van der Waals surface area contributed by atoms with E-state index >= 15 is 0 Å². The standard InChI is InChI=1S/C12H14ClNO/c1-7-5-10(13)9(3)11(8(2)6-14)12(7)15-4/h5,8H,1-4H3. The number of nitrogens with zero attached hydrogens (tertiary/aromatic N) is 1. The maximum atomic E-state index is 8.97. The Morgan fingerprint density at radius 2 is 2.07 bits per heavy atom. The minimum absolute atomic E-state index is 0.211. The quantitative estimate of drug-likeness (QED) is 0.768. The van der Waals surface area contributed by atoms with Crippen LogP contribution in [0.3, 0.4) is 0 Å². The lowest BCUT2D eigenvalue weighted by Crippen LogP contribution is -2.01. The normalized spacial score (nSPS) is 12.0. The van der Waals surface area contributed by atoms with Crippen LogP contribution in [0.15, 0.2) is 6.07 Å². The van der Waals surface area contributed by atoms with E-state index in [2.05, 4.69) is 6.07 Å². The number of rotatable bonds is 2. The van der Waals surface area contributed by atoms with Gasteiger partial charge in [-0.3, -0.25) is 0 Å². The monoisotopic (exact) mass is 223 g/mol. The van der Waals surface area contributed by atoms with E-state index in [-0.39, 0.29) is 5.92 Å². The minimum atomic E-state index is -0.211. The van der Waals surface area contributed by atoms with Gasteiger partial charge in [0.1, 0.15) is 5.75 Å². The molecular formula is C12H14ClNO. The largest absolute Gasteiger partial charge is 0.496 e. The van der Waals surface area contributed by atoms with E-state index in [9.17, 15) is 0 Å². The molecule has 0 aliphatic heterocycles. The summed E-state index contributed by atoms with van der Waals surface area (Å²) in [5.74, 6) is 0.559. The van der Waals surface area contributed by atoms with Crippen molar-refractivity contribution in [3.63, 3.8) is 0 Å². The molecule has 0 N–H and O–H groups in total. The summed E-state index contributed by atoms with van der Waals surface area (Å²) in [6.45, 7) is 5.69. The third-order valence-corrected chi connectivity index (χ3v) is 2.93. The summed E-state index contributed by atoms with van der Waals surface area (Å²) in [4.78, 5) is 0. The maximum absolute atomic E-state index is 8.97. The molecule has 1 rings (SSSR count). The Labute approximate surface area is 95.4 Å². The van der Waals surface area contributed by atoms with Crippen molar-refractivity contribution in [2.75, 3.05) is 7.11 Å². The van der Waals surface area contributed by atoms with Crippen molar-refractivity contribution in [3.8, 4) is 11.8 Å². The van der Waals surface area contributed by atoms with Crippen molar-refractivity contribution < 1.29 is 4.74 Å². The summed E-state index contributed by atoms with van der Waals surface area (Å²) >= 11 is 6.08. The van der Waals surface area contributed by atoms with Gasteiger partial charge in [0.05, 0.1) is 19.1 Å². The van der Waals surface area contributed by atoms with Crippen molar-refractivity contribution in [3.05, 3.63) is 27.8 Å². The van der Waals surface area contributed by atoms with E-state index in [1.165, 1.54) is 0 Å². The van der Waals surface area contributed by atoms with Crippen LogP contribution in [-0.2, 0) is 0 Å². The van der Waals surface area contributed by atoms with Crippen LogP contribution in [0.1, 0.15) is 29.5 Å². The van der Waals surface area contributed by atoms with E-state index in [4.69, 9.17) is 21.6 Å². The minimum Gasteiger partial charge on any atom is -0.496 e. The van der Waals surface area contributed by atoms with E-state index in [0.29, 0.717) is 5.02 Å². The molecule has 0 aromatic heterocycles. The molecule has 0 aliphatic carbocycles. The Morgan fingerprint density at radius 1 is 1.47 bits per heavy atom. The summed E-state index contributed by atoms with van der Waals surface area (Å²) in [5, 5.41) is 9.65. The molecule has 1 aromatic carbocycles. The highest BCUT2D eigenvalue weighted by molar-refractivity contribution is 6.31. The molecule has 15 heavy (non-hydrogen) atoms. The molecule has 0 saturated carbocycles. The first-order valence-corrected chi connectivity index (χ1v) is 5.13. The van der Waals surface area contributed by atoms with Gasteiger partial charge in [-0.2, -0.15) is 5.26 Å². The molecule has 3 heteroatoms. The van der Waals surface area contributed by atoms with Crippen LogP contribution in [0.25, 0.3) is 0 Å². The van der Waals surface area contributed by atoms with Crippen LogP contribution in [0.2, 0.25) is 5.02 Å². The molecule has 0 fully saturated rings. The molecule has 80 valence electrons. The van der Waals surface area contributed by atoms with Gasteiger partial charge in [0, 0.05) is 10.6 Å². The SMILES string of the molecule is COc1c(C)cc(Cl)c(C)c1C(C)C#N. The number of hydrogen-bond donors (Lipinski definition) is 0. The molecule has 1 aromatic rings. The first kappa shape index (κ1) is 11.9. The van der Waals surface area contributed by atoms with E-state index in [1.54, 1.807) is 7.11 Å². The highest BCUT2D eigenvalue weighted by Gasteiger charge is 2.18. The zero-order valence-electron chi connectivity index (χ0n) is 9.39. The zero-order chi connectivity index (χ0) is 11.6. The number of halogens is 1. The highest BCUT2D eigenvalue weighted by atomic mass is 35.5. The molecule has 1 atom stereocenters. The van der Waals surface area contributed by atoms with Crippen molar-refractivity contribution in [2.45, 2.75) is 26.7 Å². The Kier molecular flexibility index (Phi) is 3.60. The number of ether oxygens (including phenoxy) is 1. The van der Waals surface area contributed by atoms with Crippen LogP contribution in [0.5, 0.6) is 5.75 Å². The predicted octanol–water partition coefficient (Wildman–Crippen LogP) is 3.59. The first-order valence-electron chi connectivity index (χ1n) is 4.76. The van der Waals surface area contributed by atoms with E-state index in [0.717, 1.165) is 22.4 Å². The summed E-state index contributed by atoms with van der Waals surface area (Å²) < 4.78 is 5.33. The molecule has 0 radical (unpaired) electrons. The Morgan fingerprint density at radius 3 is 2.53 bits per heavy atom. The second-order valence-electron chi connectivity index (χ2n) is 3.60. The number of methoxy groups -OCH3 is 1. The van der Waals surface area contributed by atoms with Gasteiger partial charge in [-0.1, -0.05) is 11.6 Å². The van der Waals surface area contributed by atoms with Gasteiger partial charge in [-0.15, -0.1) is 0 Å². The summed E-state index contributed by atoms with van der Waals surface area (Å²) in [7, 11) is 1.61. The van der Waals surface area contributed by atoms with E-state index in [1.807, 2.05) is 26.8 Å². The highest BCUT2D eigenvalue weighted by Crippen LogP contribution is 2.36. The number of benzene rings is 1. The molecule has 0 heterocycles. The second kappa shape index (κ2) is 4.55. The van der Waals surface area contributed by atoms with Crippen molar-refractivity contribution >= 4 is 11.6 Å². The fraction of sp³-hybridized carbons (Fsp3) is 0.417.